The summed E-state index contributed by atoms with van der Waals surface area (Å²) >= 11 is -5.38. The summed E-state index contributed by atoms with van der Waals surface area (Å²) in [5.41, 5.74) is 0. The van der Waals surface area contributed by atoms with Gasteiger partial charge in [0.15, 0.2) is 0 Å². The van der Waals surface area contributed by atoms with Crippen LogP contribution in [0.15, 0.2) is 0 Å². The molecule has 0 saturated heterocycles. The predicted octanol–water partition coefficient (Wildman–Crippen LogP) is -1.83. The van der Waals surface area contributed by atoms with Crippen LogP contribution in [0.5, 0.6) is 0 Å². The van der Waals surface area contributed by atoms with Gasteiger partial charge in [0, 0.05) is 0 Å². The summed E-state index contributed by atoms with van der Waals surface area (Å²) in [5, 5.41) is 0. The monoisotopic (exact) mass is 131 g/mol. The fraction of sp³-hybridized carbons (Fsp3) is 0. The van der Waals surface area contributed by atoms with Gasteiger partial charge in [0.25, 0.3) is 0 Å². The Morgan fingerprint density at radius 3 is 1.17 bits per heavy atom. The Hall–Kier alpha value is 0.0483. The molecule has 0 aliphatic rings. The van der Waals surface area contributed by atoms with Crippen LogP contribution in [0.3, 0.4) is 0 Å². The first-order valence-electron chi connectivity index (χ1n) is 0.632. The molecule has 36 valence electrons. The molecule has 0 aromatic heterocycles. The molecule has 0 aliphatic heterocycles. The second-order valence-electron chi connectivity index (χ2n) is 0.396. The van der Waals surface area contributed by atoms with Gasteiger partial charge >= 0.3 is 38.8 Å². The SMILES string of the molecule is [BeH2].[O]=[Mn](=[O])(=[O])[OH]. The third-order valence-corrected chi connectivity index (χ3v) is 0. The van der Waals surface area contributed by atoms with E-state index in [0.29, 0.717) is 0 Å². The molecule has 1 N–H and O–H groups in total. The fourth-order valence-corrected chi connectivity index (χ4v) is 0. The number of hydrogen-bond acceptors (Lipinski definition) is 3. The topological polar surface area (TPSA) is 71.4 Å². The second-order valence-corrected chi connectivity index (χ2v) is 1.63. The van der Waals surface area contributed by atoms with Gasteiger partial charge in [-0.3, -0.25) is 0 Å². The van der Waals surface area contributed by atoms with Gasteiger partial charge in [0.1, 0.15) is 0 Å². The Labute approximate surface area is 39.5 Å². The second kappa shape index (κ2) is 2.26. The van der Waals surface area contributed by atoms with Gasteiger partial charge in [-0.1, -0.05) is 0 Å². The molecule has 6 heteroatoms. The van der Waals surface area contributed by atoms with Crippen molar-refractivity contribution in [2.75, 3.05) is 0 Å². The third-order valence-electron chi connectivity index (χ3n) is 0. The minimum atomic E-state index is -5.38. The van der Waals surface area contributed by atoms with Crippen LogP contribution in [-0.2, 0) is 24.5 Å². The summed E-state index contributed by atoms with van der Waals surface area (Å²) in [4.78, 5) is 0. The van der Waals surface area contributed by atoms with Gasteiger partial charge < -0.3 is 0 Å². The third kappa shape index (κ3) is 16100. The van der Waals surface area contributed by atoms with E-state index in [1.165, 1.54) is 0 Å². The summed E-state index contributed by atoms with van der Waals surface area (Å²) in [6.45, 7) is 0. The zero-order chi connectivity index (χ0) is 4.50. The first kappa shape index (κ1) is 9.41. The van der Waals surface area contributed by atoms with E-state index in [1.807, 2.05) is 0 Å². The van der Waals surface area contributed by atoms with Gasteiger partial charge in [0.2, 0.25) is 0 Å². The van der Waals surface area contributed by atoms with E-state index in [0.717, 1.165) is 0 Å². The zero-order valence-corrected chi connectivity index (χ0v) is 3.23. The Bertz CT molecular complexity index is 129. The maximum atomic E-state index is 8.69. The molecular formula is H3BeMnO4. The number of hydrogen-bond donors (Lipinski definition) is 1. The molecule has 0 heterocycles. The molecule has 6 heavy (non-hydrogen) atoms. The van der Waals surface area contributed by atoms with Crippen molar-refractivity contribution < 1.29 is 28.7 Å². The molecule has 0 saturated carbocycles. The van der Waals surface area contributed by atoms with Crippen molar-refractivity contribution >= 4 is 10.1 Å². The van der Waals surface area contributed by atoms with Crippen molar-refractivity contribution in [1.82, 2.24) is 0 Å². The Morgan fingerprint density at radius 2 is 1.17 bits per heavy atom. The van der Waals surface area contributed by atoms with E-state index >= 15 is 0 Å². The first-order chi connectivity index (χ1) is 2.00. The average Bonchev–Trinajstić information content (AvgIpc) is 0.722. The molecule has 0 aromatic rings. The van der Waals surface area contributed by atoms with Gasteiger partial charge in [-0.25, -0.2) is 0 Å². The minimum absolute atomic E-state index is 0. The van der Waals surface area contributed by atoms with Gasteiger partial charge in [-0.15, -0.1) is 0 Å². The van der Waals surface area contributed by atoms with Crippen molar-refractivity contribution in [2.24, 2.45) is 0 Å². The molecule has 0 amide bonds. The molecule has 0 fully saturated rings. The van der Waals surface area contributed by atoms with Crippen molar-refractivity contribution in [3.05, 3.63) is 0 Å². The first-order valence-corrected chi connectivity index (χ1v) is 2.61. The molecule has 0 bridgehead atoms. The predicted molar refractivity (Wildman–Crippen MR) is 12.8 cm³/mol. The molecule has 0 spiro atoms. The summed E-state index contributed by atoms with van der Waals surface area (Å²) in [7, 11) is 0. The maximum absolute atomic E-state index is 8.69. The van der Waals surface area contributed by atoms with E-state index in [2.05, 4.69) is 0 Å². The normalized spacial score (nSPS) is 9.50. The molecule has 0 aliphatic carbocycles. The Balaban J connectivity index is 0. The van der Waals surface area contributed by atoms with E-state index in [1.54, 1.807) is 0 Å². The molecule has 0 unspecified atom stereocenters. The van der Waals surface area contributed by atoms with Crippen LogP contribution in [0, 0.1) is 0 Å². The van der Waals surface area contributed by atoms with E-state index in [4.69, 9.17) is 15.7 Å². The molecule has 0 atom stereocenters. The van der Waals surface area contributed by atoms with Crippen LogP contribution < -0.4 is 0 Å². The Morgan fingerprint density at radius 1 is 1.17 bits per heavy atom. The van der Waals surface area contributed by atoms with Crippen LogP contribution in [0.25, 0.3) is 0 Å². The van der Waals surface area contributed by atoms with Gasteiger partial charge in [-0.2, -0.15) is 0 Å². The summed E-state index contributed by atoms with van der Waals surface area (Å²) in [6.07, 6.45) is 0. The van der Waals surface area contributed by atoms with Crippen LogP contribution in [0.1, 0.15) is 0 Å². The van der Waals surface area contributed by atoms with E-state index in [9.17, 15) is 0 Å². The number of rotatable bonds is 0. The molecule has 4 nitrogen and oxygen atoms in total. The summed E-state index contributed by atoms with van der Waals surface area (Å²) in [5.74, 6) is 0. The van der Waals surface area contributed by atoms with Crippen molar-refractivity contribution in [3.63, 3.8) is 0 Å². The van der Waals surface area contributed by atoms with E-state index in [-0.39, 0.29) is 10.1 Å². The summed E-state index contributed by atoms with van der Waals surface area (Å²) in [6, 6.07) is 0. The van der Waals surface area contributed by atoms with Crippen LogP contribution >= 0.6 is 0 Å². The standard InChI is InChI=1S/Be.Mn.H2O.3O.2H/h;;1H2;;;;;/q;+1;;;;;;/p-1. The fourth-order valence-electron chi connectivity index (χ4n) is 0. The zero-order valence-electron chi connectivity index (χ0n) is 2.05. The van der Waals surface area contributed by atoms with Crippen molar-refractivity contribution in [2.45, 2.75) is 0 Å². The molecule has 0 radical (unpaired) electrons. The van der Waals surface area contributed by atoms with Crippen LogP contribution in [0.2, 0.25) is 0 Å². The van der Waals surface area contributed by atoms with Crippen LogP contribution in [-0.4, -0.2) is 14.3 Å². The van der Waals surface area contributed by atoms with Crippen LogP contribution in [0.4, 0.5) is 0 Å². The molecule has 0 rings (SSSR count). The average molecular weight is 131 g/mol. The Kier molecular flexibility index (Phi) is 3.55. The van der Waals surface area contributed by atoms with Gasteiger partial charge in [0.05, 0.1) is 0 Å². The van der Waals surface area contributed by atoms with Crippen molar-refractivity contribution in [1.29, 1.82) is 0 Å². The van der Waals surface area contributed by atoms with Gasteiger partial charge in [-0.05, 0) is 0 Å². The quantitative estimate of drug-likeness (QED) is 0.392. The molecule has 0 aromatic carbocycles. The molecular weight excluding hydrogens is 128 g/mol. The summed E-state index contributed by atoms with van der Waals surface area (Å²) < 4.78 is 33.1. The van der Waals surface area contributed by atoms with Crippen molar-refractivity contribution in [3.8, 4) is 0 Å². The van der Waals surface area contributed by atoms with E-state index < -0.39 is 13.0 Å².